The lowest BCUT2D eigenvalue weighted by Gasteiger charge is -2.38. The summed E-state index contributed by atoms with van der Waals surface area (Å²) < 4.78 is 10.9. The SMILES string of the molecule is COC(=O)[C@H]1C(=O)C2=C(C[C@@H]1C)NC(C)=C(C(=O)OC1CCCCCC1)[C@@H]2c1cccc([N+](=O)[O-])c1. The summed E-state index contributed by atoms with van der Waals surface area (Å²) in [6.45, 7) is 3.56. The number of carbonyl (C=O) groups is 3. The van der Waals surface area contributed by atoms with E-state index >= 15 is 0 Å². The lowest BCUT2D eigenvalue weighted by molar-refractivity contribution is -0.384. The first-order valence-electron chi connectivity index (χ1n) is 12.5. The van der Waals surface area contributed by atoms with Gasteiger partial charge in [-0.05, 0) is 50.5 Å². The van der Waals surface area contributed by atoms with Gasteiger partial charge in [0.1, 0.15) is 12.0 Å². The molecule has 1 N–H and O–H groups in total. The summed E-state index contributed by atoms with van der Waals surface area (Å²) in [5.41, 5.74) is 1.95. The standard InChI is InChI=1S/C27H32N2O7/c1-15-13-20-24(25(30)21(15)26(31)35-3)23(17-9-8-10-18(14-17)29(33)34)22(16(2)28-20)27(32)36-19-11-6-4-5-7-12-19/h8-10,14-15,19,21,23,28H,4-7,11-13H2,1-3H3/t15-,21+,23-/m0/s1. The molecule has 9 heteroatoms. The van der Waals surface area contributed by atoms with Gasteiger partial charge in [0.05, 0.1) is 17.6 Å². The lowest BCUT2D eigenvalue weighted by Crippen LogP contribution is -2.43. The van der Waals surface area contributed by atoms with Crippen molar-refractivity contribution in [2.75, 3.05) is 7.11 Å². The zero-order valence-corrected chi connectivity index (χ0v) is 20.9. The molecule has 1 fully saturated rings. The van der Waals surface area contributed by atoms with Gasteiger partial charge in [-0.25, -0.2) is 4.79 Å². The molecule has 1 aliphatic heterocycles. The average molecular weight is 497 g/mol. The third-order valence-electron chi connectivity index (χ3n) is 7.45. The van der Waals surface area contributed by atoms with Crippen molar-refractivity contribution in [1.29, 1.82) is 0 Å². The first-order valence-corrected chi connectivity index (χ1v) is 12.5. The van der Waals surface area contributed by atoms with Crippen LogP contribution in [-0.2, 0) is 23.9 Å². The van der Waals surface area contributed by atoms with Crippen LogP contribution in [0.5, 0.6) is 0 Å². The smallest absolute Gasteiger partial charge is 0.337 e. The summed E-state index contributed by atoms with van der Waals surface area (Å²) in [6, 6.07) is 5.94. The Balaban J connectivity index is 1.80. The summed E-state index contributed by atoms with van der Waals surface area (Å²) in [6.07, 6.45) is 5.91. The highest BCUT2D eigenvalue weighted by atomic mass is 16.6. The zero-order valence-electron chi connectivity index (χ0n) is 20.9. The fourth-order valence-electron chi connectivity index (χ4n) is 5.68. The Morgan fingerprint density at radius 3 is 2.47 bits per heavy atom. The van der Waals surface area contributed by atoms with Crippen LogP contribution in [0, 0.1) is 22.0 Å². The van der Waals surface area contributed by atoms with E-state index < -0.39 is 34.5 Å². The number of nitro benzene ring substituents is 1. The molecule has 0 unspecified atom stereocenters. The Bertz CT molecular complexity index is 1140. The number of nitro groups is 1. The van der Waals surface area contributed by atoms with Crippen molar-refractivity contribution in [3.8, 4) is 0 Å². The molecular weight excluding hydrogens is 464 g/mol. The number of ketones is 1. The predicted octanol–water partition coefficient (Wildman–Crippen LogP) is 4.47. The number of carbonyl (C=O) groups excluding carboxylic acids is 3. The molecule has 0 aromatic heterocycles. The van der Waals surface area contributed by atoms with E-state index in [2.05, 4.69) is 5.32 Å². The maximum atomic E-state index is 13.8. The van der Waals surface area contributed by atoms with Crippen LogP contribution in [0.4, 0.5) is 5.69 Å². The van der Waals surface area contributed by atoms with Gasteiger partial charge in [0.25, 0.3) is 5.69 Å². The zero-order chi connectivity index (χ0) is 26.0. The van der Waals surface area contributed by atoms with Crippen LogP contribution in [0.2, 0.25) is 0 Å². The normalized spacial score (nSPS) is 25.0. The number of benzene rings is 1. The van der Waals surface area contributed by atoms with E-state index in [1.165, 1.54) is 25.3 Å². The number of nitrogens with one attached hydrogen (secondary N) is 1. The monoisotopic (exact) mass is 496 g/mol. The van der Waals surface area contributed by atoms with Gasteiger partial charge >= 0.3 is 11.9 Å². The number of hydrogen-bond acceptors (Lipinski definition) is 8. The van der Waals surface area contributed by atoms with Crippen molar-refractivity contribution in [3.63, 3.8) is 0 Å². The van der Waals surface area contributed by atoms with Gasteiger partial charge in [0.2, 0.25) is 0 Å². The molecule has 0 bridgehead atoms. The van der Waals surface area contributed by atoms with Gasteiger partial charge in [-0.1, -0.05) is 31.9 Å². The summed E-state index contributed by atoms with van der Waals surface area (Å²) in [5.74, 6) is -3.84. The number of hydrogen-bond donors (Lipinski definition) is 1. The van der Waals surface area contributed by atoms with Crippen LogP contribution in [-0.4, -0.2) is 35.9 Å². The molecule has 3 atom stereocenters. The number of methoxy groups -OCH3 is 1. The second-order valence-corrected chi connectivity index (χ2v) is 9.91. The van der Waals surface area contributed by atoms with Crippen molar-refractivity contribution >= 4 is 23.4 Å². The van der Waals surface area contributed by atoms with Gasteiger partial charge < -0.3 is 14.8 Å². The van der Waals surface area contributed by atoms with E-state index in [0.717, 1.165) is 38.5 Å². The summed E-state index contributed by atoms with van der Waals surface area (Å²) in [4.78, 5) is 51.0. The highest BCUT2D eigenvalue weighted by molar-refractivity contribution is 6.12. The number of nitrogens with zero attached hydrogens (tertiary/aromatic N) is 1. The van der Waals surface area contributed by atoms with E-state index in [9.17, 15) is 24.5 Å². The Labute approximate surface area is 210 Å². The fourth-order valence-corrected chi connectivity index (χ4v) is 5.68. The second kappa shape index (κ2) is 10.6. The van der Waals surface area contributed by atoms with Crippen molar-refractivity contribution in [3.05, 3.63) is 62.5 Å². The molecule has 0 amide bonds. The van der Waals surface area contributed by atoms with E-state index in [-0.39, 0.29) is 28.9 Å². The quantitative estimate of drug-likeness (QED) is 0.208. The van der Waals surface area contributed by atoms with Crippen LogP contribution >= 0.6 is 0 Å². The van der Waals surface area contributed by atoms with E-state index in [4.69, 9.17) is 9.47 Å². The van der Waals surface area contributed by atoms with Crippen molar-refractivity contribution in [2.24, 2.45) is 11.8 Å². The van der Waals surface area contributed by atoms with Gasteiger partial charge in [-0.3, -0.25) is 19.7 Å². The Morgan fingerprint density at radius 1 is 1.14 bits per heavy atom. The number of dihydropyridines is 1. The van der Waals surface area contributed by atoms with Crippen LogP contribution < -0.4 is 5.32 Å². The Hall–Kier alpha value is -3.49. The van der Waals surface area contributed by atoms with Crippen LogP contribution in [0.25, 0.3) is 0 Å². The fraction of sp³-hybridized carbons (Fsp3) is 0.519. The van der Waals surface area contributed by atoms with Crippen LogP contribution in [0.1, 0.15) is 70.3 Å². The number of rotatable bonds is 5. The maximum absolute atomic E-state index is 13.8. The molecule has 1 saturated carbocycles. The first kappa shape index (κ1) is 25.6. The van der Waals surface area contributed by atoms with Crippen molar-refractivity contribution < 1.29 is 28.8 Å². The Kier molecular flexibility index (Phi) is 7.56. The molecule has 9 nitrogen and oxygen atoms in total. The summed E-state index contributed by atoms with van der Waals surface area (Å²) in [5, 5.41) is 14.8. The molecule has 36 heavy (non-hydrogen) atoms. The topological polar surface area (TPSA) is 125 Å². The number of non-ortho nitro benzene ring substituents is 1. The molecule has 192 valence electrons. The van der Waals surface area contributed by atoms with E-state index in [1.54, 1.807) is 13.0 Å². The molecule has 0 spiro atoms. The number of allylic oxidation sites excluding steroid dienone is 3. The van der Waals surface area contributed by atoms with Crippen LogP contribution in [0.15, 0.2) is 46.8 Å². The third kappa shape index (κ3) is 4.92. The number of ether oxygens (including phenoxy) is 2. The van der Waals surface area contributed by atoms with Gasteiger partial charge in [-0.2, -0.15) is 0 Å². The maximum Gasteiger partial charge on any atom is 0.337 e. The summed E-state index contributed by atoms with van der Waals surface area (Å²) >= 11 is 0. The predicted molar refractivity (Wildman–Crippen MR) is 131 cm³/mol. The second-order valence-electron chi connectivity index (χ2n) is 9.91. The first-order chi connectivity index (χ1) is 17.2. The molecule has 1 aromatic carbocycles. The highest BCUT2D eigenvalue weighted by Gasteiger charge is 2.47. The lowest BCUT2D eigenvalue weighted by atomic mass is 9.69. The molecule has 0 saturated heterocycles. The van der Waals surface area contributed by atoms with Crippen molar-refractivity contribution in [1.82, 2.24) is 5.32 Å². The minimum absolute atomic E-state index is 0.150. The number of Topliss-reactive ketones (excluding diaryl/α,β-unsaturated/α-hetero) is 1. The van der Waals surface area contributed by atoms with Gasteiger partial charge in [0.15, 0.2) is 5.78 Å². The highest BCUT2D eigenvalue weighted by Crippen LogP contribution is 2.46. The van der Waals surface area contributed by atoms with Gasteiger partial charge in [-0.15, -0.1) is 0 Å². The molecule has 0 radical (unpaired) electrons. The Morgan fingerprint density at radius 2 is 1.83 bits per heavy atom. The average Bonchev–Trinajstić information content (AvgIpc) is 3.11. The summed E-state index contributed by atoms with van der Waals surface area (Å²) in [7, 11) is 1.24. The molecule has 1 aromatic rings. The largest absolute Gasteiger partial charge is 0.468 e. The third-order valence-corrected chi connectivity index (χ3v) is 7.45. The molecule has 1 heterocycles. The van der Waals surface area contributed by atoms with Crippen LogP contribution in [0.3, 0.4) is 0 Å². The minimum atomic E-state index is -1.02. The van der Waals surface area contributed by atoms with Gasteiger partial charge in [0, 0.05) is 35.0 Å². The van der Waals surface area contributed by atoms with E-state index in [0.29, 0.717) is 23.4 Å². The molecular formula is C27H32N2O7. The molecule has 4 rings (SSSR count). The number of esters is 2. The van der Waals surface area contributed by atoms with Crippen molar-refractivity contribution in [2.45, 2.75) is 70.8 Å². The molecule has 2 aliphatic carbocycles. The van der Waals surface area contributed by atoms with E-state index in [1.807, 2.05) is 6.92 Å². The molecule has 3 aliphatic rings. The minimum Gasteiger partial charge on any atom is -0.468 e.